The molecule has 2 aromatic heterocycles. The third-order valence-electron chi connectivity index (χ3n) is 5.09. The van der Waals surface area contributed by atoms with E-state index in [9.17, 15) is 8.42 Å². The van der Waals surface area contributed by atoms with Crippen molar-refractivity contribution in [1.82, 2.24) is 18.8 Å². The van der Waals surface area contributed by atoms with E-state index in [2.05, 4.69) is 14.5 Å². The van der Waals surface area contributed by atoms with E-state index in [1.165, 1.54) is 4.31 Å². The van der Waals surface area contributed by atoms with Crippen LogP contribution in [0.4, 0.5) is 0 Å². The van der Waals surface area contributed by atoms with Crippen LogP contribution in [0.1, 0.15) is 6.04 Å². The largest absolute Gasteiger partial charge is 0.483 e. The first-order valence-electron chi connectivity index (χ1n) is 9.30. The van der Waals surface area contributed by atoms with Crippen LogP contribution in [0.2, 0.25) is 0 Å². The fraction of sp³-hybridized carbons (Fsp3) is 0.350. The third-order valence-corrected chi connectivity index (χ3v) is 7.06. The summed E-state index contributed by atoms with van der Waals surface area (Å²) in [4.78, 5) is 17.1. The molecule has 4 rings (SSSR count). The molecule has 0 amide bonds. The highest BCUT2D eigenvalue weighted by Crippen LogP contribution is 2.34. The van der Waals surface area contributed by atoms with Crippen LogP contribution in [-0.4, -0.2) is 71.9 Å². The minimum absolute atomic E-state index is 0.0573. The van der Waals surface area contributed by atoms with Crippen molar-refractivity contribution in [3.8, 4) is 11.4 Å². The first-order chi connectivity index (χ1) is 14.4. The first kappa shape index (κ1) is 21.9. The lowest BCUT2D eigenvalue weighted by molar-refractivity contribution is -0.122. The molecular formula is C20H24N4O5S. The van der Waals surface area contributed by atoms with E-state index in [0.717, 1.165) is 22.2 Å². The van der Waals surface area contributed by atoms with E-state index >= 15 is 0 Å². The number of carboxylic acid groups (broad SMARTS) is 1. The molecule has 2 atom stereocenters. The lowest BCUT2D eigenvalue weighted by atomic mass is 10.0. The molecule has 0 spiro atoms. The van der Waals surface area contributed by atoms with Crippen LogP contribution >= 0.6 is 0 Å². The van der Waals surface area contributed by atoms with Gasteiger partial charge in [0.2, 0.25) is 10.0 Å². The Morgan fingerprint density at radius 2 is 2.03 bits per heavy atom. The summed E-state index contributed by atoms with van der Waals surface area (Å²) < 4.78 is 33.7. The van der Waals surface area contributed by atoms with Gasteiger partial charge in [-0.2, -0.15) is 0 Å². The molecule has 1 N–H and O–H groups in total. The van der Waals surface area contributed by atoms with Crippen molar-refractivity contribution < 1.29 is 23.1 Å². The van der Waals surface area contributed by atoms with Crippen LogP contribution in [0, 0.1) is 5.92 Å². The quantitative estimate of drug-likeness (QED) is 0.612. The second-order valence-corrected chi connectivity index (χ2v) is 9.32. The Labute approximate surface area is 175 Å². The predicted octanol–water partition coefficient (Wildman–Crippen LogP) is 1.88. The maximum Gasteiger partial charge on any atom is 0.290 e. The van der Waals surface area contributed by atoms with Crippen molar-refractivity contribution in [2.75, 3.05) is 33.1 Å². The van der Waals surface area contributed by atoms with Gasteiger partial charge in [-0.3, -0.25) is 9.78 Å². The van der Waals surface area contributed by atoms with Crippen LogP contribution in [0.15, 0.2) is 49.1 Å². The van der Waals surface area contributed by atoms with E-state index in [1.807, 2.05) is 36.7 Å². The number of imidazole rings is 1. The van der Waals surface area contributed by atoms with Gasteiger partial charge in [-0.25, -0.2) is 17.7 Å². The highest BCUT2D eigenvalue weighted by Gasteiger charge is 2.35. The zero-order valence-corrected chi connectivity index (χ0v) is 17.6. The zero-order chi connectivity index (χ0) is 21.7. The number of hydrogen-bond acceptors (Lipinski definition) is 6. The maximum atomic E-state index is 12.4. The Bertz CT molecular complexity index is 1110. The molecule has 10 heteroatoms. The summed E-state index contributed by atoms with van der Waals surface area (Å²) in [6, 6.07) is 7.93. The summed E-state index contributed by atoms with van der Waals surface area (Å²) in [5.74, 6) is 0.749. The van der Waals surface area contributed by atoms with Gasteiger partial charge in [-0.15, -0.1) is 0 Å². The lowest BCUT2D eigenvalue weighted by Gasteiger charge is -2.23. The molecule has 160 valence electrons. The predicted molar refractivity (Wildman–Crippen MR) is 112 cm³/mol. The number of pyridine rings is 1. The highest BCUT2D eigenvalue weighted by molar-refractivity contribution is 7.89. The molecule has 9 nitrogen and oxygen atoms in total. The molecule has 3 heterocycles. The van der Waals surface area contributed by atoms with E-state index in [-0.39, 0.29) is 24.2 Å². The molecule has 1 aliphatic heterocycles. The highest BCUT2D eigenvalue weighted by atomic mass is 32.2. The third kappa shape index (κ3) is 4.50. The van der Waals surface area contributed by atoms with Crippen LogP contribution in [0.25, 0.3) is 22.2 Å². The van der Waals surface area contributed by atoms with Gasteiger partial charge in [0.1, 0.15) is 5.82 Å². The number of nitrogens with zero attached hydrogens (tertiary/aromatic N) is 4. The monoisotopic (exact) mass is 432 g/mol. The number of fused-ring (bicyclic) bond motifs is 1. The van der Waals surface area contributed by atoms with Gasteiger partial charge in [0.15, 0.2) is 0 Å². The van der Waals surface area contributed by atoms with E-state index in [1.54, 1.807) is 26.5 Å². The minimum Gasteiger partial charge on any atom is -0.483 e. The second kappa shape index (κ2) is 9.33. The van der Waals surface area contributed by atoms with Crippen LogP contribution in [0.3, 0.4) is 0 Å². The fourth-order valence-corrected chi connectivity index (χ4v) is 4.74. The molecule has 0 unspecified atom stereocenters. The summed E-state index contributed by atoms with van der Waals surface area (Å²) in [6.45, 7) is 0.651. The molecule has 1 aliphatic rings. The first-order valence-corrected chi connectivity index (χ1v) is 10.9. The van der Waals surface area contributed by atoms with Gasteiger partial charge in [0.05, 0.1) is 25.0 Å². The molecule has 3 aromatic rings. The molecule has 1 saturated heterocycles. The summed E-state index contributed by atoms with van der Waals surface area (Å²) in [5, 5.41) is 9.00. The van der Waals surface area contributed by atoms with Crippen LogP contribution in [-0.2, 0) is 19.6 Å². The molecule has 0 aliphatic carbocycles. The van der Waals surface area contributed by atoms with Crippen molar-refractivity contribution in [3.63, 3.8) is 0 Å². The van der Waals surface area contributed by atoms with E-state index in [0.29, 0.717) is 13.2 Å². The van der Waals surface area contributed by atoms with Crippen LogP contribution < -0.4 is 0 Å². The molecular weight excluding hydrogens is 408 g/mol. The molecule has 0 bridgehead atoms. The topological polar surface area (TPSA) is 115 Å². The number of ether oxygens (including phenoxy) is 1. The summed E-state index contributed by atoms with van der Waals surface area (Å²) in [7, 11) is -0.182. The van der Waals surface area contributed by atoms with Crippen molar-refractivity contribution in [3.05, 3.63) is 49.1 Å². The molecule has 1 aromatic carbocycles. The van der Waals surface area contributed by atoms with Crippen molar-refractivity contribution in [1.29, 1.82) is 0 Å². The van der Waals surface area contributed by atoms with Crippen molar-refractivity contribution in [2.24, 2.45) is 5.92 Å². The standard InChI is InChI=1S/C19H22N4O3S.CH2O2/c1-22(2)27(24,25)13-15-11-26-12-18(15)23-9-8-21-19(23)17-5-3-4-14-10-20-7-6-16(14)17;2-1-3/h3-10,15,18H,11-13H2,1-2H3;1H,(H,2,3)/t15-,18+;/m0./s1. The average Bonchev–Trinajstić information content (AvgIpc) is 3.36. The SMILES string of the molecule is CN(C)S(=O)(=O)C[C@@H]1COC[C@H]1n1ccnc1-c1cccc2cnccc12.O=CO. The Morgan fingerprint density at radius 1 is 1.27 bits per heavy atom. The Kier molecular flexibility index (Phi) is 6.80. The van der Waals surface area contributed by atoms with E-state index < -0.39 is 10.0 Å². The van der Waals surface area contributed by atoms with Gasteiger partial charge in [0.25, 0.3) is 6.47 Å². The average molecular weight is 433 g/mol. The molecule has 30 heavy (non-hydrogen) atoms. The molecule has 0 saturated carbocycles. The smallest absolute Gasteiger partial charge is 0.290 e. The Hall–Kier alpha value is -2.82. The van der Waals surface area contributed by atoms with Gasteiger partial charge >= 0.3 is 0 Å². The lowest BCUT2D eigenvalue weighted by Crippen LogP contribution is -2.32. The van der Waals surface area contributed by atoms with Crippen molar-refractivity contribution in [2.45, 2.75) is 6.04 Å². The second-order valence-electron chi connectivity index (χ2n) is 7.09. The van der Waals surface area contributed by atoms with Gasteiger partial charge < -0.3 is 14.4 Å². The maximum absolute atomic E-state index is 12.4. The Morgan fingerprint density at radius 3 is 2.77 bits per heavy atom. The van der Waals surface area contributed by atoms with Crippen molar-refractivity contribution >= 4 is 27.3 Å². The normalized spacial score (nSPS) is 18.9. The van der Waals surface area contributed by atoms with Gasteiger partial charge in [-0.05, 0) is 11.5 Å². The number of hydrogen-bond donors (Lipinski definition) is 1. The summed E-state index contributed by atoms with van der Waals surface area (Å²) in [6.07, 6.45) is 7.26. The minimum atomic E-state index is -3.31. The Balaban J connectivity index is 0.000000806. The number of benzene rings is 1. The summed E-state index contributed by atoms with van der Waals surface area (Å²) >= 11 is 0. The fourth-order valence-electron chi connectivity index (χ4n) is 3.58. The number of carbonyl (C=O) groups is 1. The number of sulfonamides is 1. The zero-order valence-electron chi connectivity index (χ0n) is 16.7. The molecule has 0 radical (unpaired) electrons. The van der Waals surface area contributed by atoms with Crippen LogP contribution in [0.5, 0.6) is 0 Å². The van der Waals surface area contributed by atoms with Gasteiger partial charge in [-0.1, -0.05) is 18.2 Å². The number of rotatable bonds is 5. The van der Waals surface area contributed by atoms with Gasteiger partial charge in [0, 0.05) is 55.8 Å². The molecule has 1 fully saturated rings. The van der Waals surface area contributed by atoms with E-state index in [4.69, 9.17) is 14.6 Å². The number of aromatic nitrogens is 3. The summed E-state index contributed by atoms with van der Waals surface area (Å²) in [5.41, 5.74) is 1.00.